The van der Waals surface area contributed by atoms with Crippen LogP contribution < -0.4 is 5.32 Å². The van der Waals surface area contributed by atoms with Crippen LogP contribution in [0, 0.1) is 5.92 Å². The van der Waals surface area contributed by atoms with E-state index in [1.54, 1.807) is 4.68 Å². The Morgan fingerprint density at radius 1 is 1.25 bits per heavy atom. The SMILES string of the molecule is O=C(N[C@@H]1CC[C@H](CCn2cc(C3(O)CCCC3)nn2)O[C@H]1CO)C1CCC1. The van der Waals surface area contributed by atoms with Gasteiger partial charge in [0.05, 0.1) is 24.9 Å². The molecule has 1 amide bonds. The molecular formula is C20H32N4O4. The molecular weight excluding hydrogens is 360 g/mol. The number of nitrogens with one attached hydrogen (secondary N) is 1. The van der Waals surface area contributed by atoms with Crippen LogP contribution in [0.5, 0.6) is 0 Å². The zero-order valence-corrected chi connectivity index (χ0v) is 16.4. The summed E-state index contributed by atoms with van der Waals surface area (Å²) in [5, 5.41) is 31.7. The van der Waals surface area contributed by atoms with Crippen molar-refractivity contribution in [1.29, 1.82) is 0 Å². The highest BCUT2D eigenvalue weighted by Crippen LogP contribution is 2.37. The van der Waals surface area contributed by atoms with Gasteiger partial charge in [0.25, 0.3) is 0 Å². The number of aromatic nitrogens is 3. The molecule has 1 aromatic heterocycles. The minimum atomic E-state index is -0.812. The Hall–Kier alpha value is -1.51. The molecule has 2 heterocycles. The molecule has 28 heavy (non-hydrogen) atoms. The van der Waals surface area contributed by atoms with Gasteiger partial charge in [-0.1, -0.05) is 24.5 Å². The van der Waals surface area contributed by atoms with E-state index < -0.39 is 5.60 Å². The van der Waals surface area contributed by atoms with E-state index in [-0.39, 0.29) is 36.7 Å². The van der Waals surface area contributed by atoms with Crippen molar-refractivity contribution in [3.05, 3.63) is 11.9 Å². The Kier molecular flexibility index (Phi) is 5.99. The minimum Gasteiger partial charge on any atom is -0.394 e. The maximum absolute atomic E-state index is 12.2. The molecule has 2 saturated carbocycles. The molecule has 8 nitrogen and oxygen atoms in total. The van der Waals surface area contributed by atoms with Crippen molar-refractivity contribution >= 4 is 5.91 Å². The number of nitrogens with zero attached hydrogens (tertiary/aromatic N) is 3. The molecule has 1 aromatic rings. The lowest BCUT2D eigenvalue weighted by molar-refractivity contribution is -0.134. The van der Waals surface area contributed by atoms with Crippen LogP contribution >= 0.6 is 0 Å². The van der Waals surface area contributed by atoms with Gasteiger partial charge in [0, 0.05) is 12.5 Å². The average molecular weight is 393 g/mol. The molecule has 3 N–H and O–H groups in total. The maximum atomic E-state index is 12.2. The summed E-state index contributed by atoms with van der Waals surface area (Å²) in [7, 11) is 0. The standard InChI is InChI=1S/C20H32N4O4/c25-13-17-16(21-19(26)14-4-3-5-14)7-6-15(28-17)8-11-24-12-18(22-23-24)20(27)9-1-2-10-20/h12,14-17,25,27H,1-11,13H2,(H,21,26)/t15-,16-,17+/m1/s1. The monoisotopic (exact) mass is 392 g/mol. The molecule has 1 aliphatic heterocycles. The molecule has 3 aliphatic rings. The van der Waals surface area contributed by atoms with Crippen LogP contribution in [0.15, 0.2) is 6.20 Å². The lowest BCUT2D eigenvalue weighted by atomic mass is 9.84. The van der Waals surface area contributed by atoms with Crippen molar-refractivity contribution in [3.8, 4) is 0 Å². The molecule has 4 rings (SSSR count). The summed E-state index contributed by atoms with van der Waals surface area (Å²) in [5.74, 6) is 0.255. The molecule has 3 atom stereocenters. The minimum absolute atomic E-state index is 0.0243. The first kappa shape index (κ1) is 19.8. The fourth-order valence-electron chi connectivity index (χ4n) is 4.59. The second-order valence-corrected chi connectivity index (χ2v) is 8.69. The normalized spacial score (nSPS) is 30.1. The van der Waals surface area contributed by atoms with E-state index in [4.69, 9.17) is 4.74 Å². The molecule has 2 aliphatic carbocycles. The number of carbonyl (C=O) groups is 1. The number of aliphatic hydroxyl groups excluding tert-OH is 1. The first-order chi connectivity index (χ1) is 13.6. The smallest absolute Gasteiger partial charge is 0.223 e. The number of hydrogen-bond acceptors (Lipinski definition) is 6. The van der Waals surface area contributed by atoms with Gasteiger partial charge >= 0.3 is 0 Å². The molecule has 8 heteroatoms. The highest BCUT2D eigenvalue weighted by molar-refractivity contribution is 5.79. The highest BCUT2D eigenvalue weighted by Gasteiger charge is 2.36. The molecule has 3 fully saturated rings. The van der Waals surface area contributed by atoms with Gasteiger partial charge in [0.1, 0.15) is 17.4 Å². The number of carbonyl (C=O) groups excluding carboxylic acids is 1. The Labute approximate surface area is 165 Å². The van der Waals surface area contributed by atoms with E-state index >= 15 is 0 Å². The Morgan fingerprint density at radius 2 is 2.04 bits per heavy atom. The molecule has 0 aromatic carbocycles. The Morgan fingerprint density at radius 3 is 2.71 bits per heavy atom. The van der Waals surface area contributed by atoms with Crippen LogP contribution in [0.2, 0.25) is 0 Å². The largest absolute Gasteiger partial charge is 0.394 e. The second kappa shape index (κ2) is 8.47. The molecule has 1 saturated heterocycles. The molecule has 0 unspecified atom stereocenters. The summed E-state index contributed by atoms with van der Waals surface area (Å²) < 4.78 is 7.82. The molecule has 0 spiro atoms. The van der Waals surface area contributed by atoms with E-state index in [2.05, 4.69) is 15.6 Å². The van der Waals surface area contributed by atoms with Gasteiger partial charge in [-0.2, -0.15) is 0 Å². The van der Waals surface area contributed by atoms with Crippen LogP contribution in [-0.2, 0) is 21.7 Å². The summed E-state index contributed by atoms with van der Waals surface area (Å²) in [6.45, 7) is 0.567. The zero-order valence-electron chi connectivity index (χ0n) is 16.4. The Balaban J connectivity index is 1.26. The van der Waals surface area contributed by atoms with E-state index in [1.807, 2.05) is 6.20 Å². The van der Waals surface area contributed by atoms with Crippen molar-refractivity contribution in [2.75, 3.05) is 6.61 Å². The van der Waals surface area contributed by atoms with Crippen LogP contribution in [0.1, 0.15) is 69.9 Å². The van der Waals surface area contributed by atoms with Crippen molar-refractivity contribution in [2.45, 2.75) is 94.6 Å². The molecule has 156 valence electrons. The number of amides is 1. The van der Waals surface area contributed by atoms with E-state index in [0.717, 1.165) is 64.2 Å². The number of aliphatic hydroxyl groups is 2. The van der Waals surface area contributed by atoms with Crippen molar-refractivity contribution < 1.29 is 19.7 Å². The zero-order chi connectivity index (χ0) is 19.6. The van der Waals surface area contributed by atoms with Gasteiger partial charge in [0.2, 0.25) is 5.91 Å². The third-order valence-corrected chi connectivity index (χ3v) is 6.73. The van der Waals surface area contributed by atoms with Crippen LogP contribution in [0.4, 0.5) is 0 Å². The maximum Gasteiger partial charge on any atom is 0.223 e. The predicted octanol–water partition coefficient (Wildman–Crippen LogP) is 1.25. The van der Waals surface area contributed by atoms with Crippen molar-refractivity contribution in [2.24, 2.45) is 5.92 Å². The topological polar surface area (TPSA) is 110 Å². The predicted molar refractivity (Wildman–Crippen MR) is 101 cm³/mol. The highest BCUT2D eigenvalue weighted by atomic mass is 16.5. The van der Waals surface area contributed by atoms with E-state index in [9.17, 15) is 15.0 Å². The second-order valence-electron chi connectivity index (χ2n) is 8.69. The van der Waals surface area contributed by atoms with Crippen LogP contribution in [-0.4, -0.2) is 56.0 Å². The van der Waals surface area contributed by atoms with Gasteiger partial charge in [-0.05, 0) is 44.9 Å². The van der Waals surface area contributed by atoms with Crippen LogP contribution in [0.3, 0.4) is 0 Å². The van der Waals surface area contributed by atoms with Gasteiger partial charge < -0.3 is 20.3 Å². The summed E-state index contributed by atoms with van der Waals surface area (Å²) >= 11 is 0. The van der Waals surface area contributed by atoms with Gasteiger partial charge in [-0.25, -0.2) is 0 Å². The lowest BCUT2D eigenvalue weighted by Gasteiger charge is -2.37. The number of ether oxygens (including phenoxy) is 1. The molecule has 0 radical (unpaired) electrons. The summed E-state index contributed by atoms with van der Waals surface area (Å²) in [5.41, 5.74) is -0.144. The fourth-order valence-corrected chi connectivity index (χ4v) is 4.59. The third-order valence-electron chi connectivity index (χ3n) is 6.73. The first-order valence-corrected chi connectivity index (χ1v) is 10.8. The van der Waals surface area contributed by atoms with E-state index in [1.165, 1.54) is 0 Å². The number of hydrogen-bond donors (Lipinski definition) is 3. The van der Waals surface area contributed by atoms with Gasteiger partial charge in [-0.3, -0.25) is 9.48 Å². The molecule has 0 bridgehead atoms. The van der Waals surface area contributed by atoms with Gasteiger partial charge in [0.15, 0.2) is 0 Å². The quantitative estimate of drug-likeness (QED) is 0.644. The average Bonchev–Trinajstić information content (AvgIpc) is 3.29. The lowest BCUT2D eigenvalue weighted by Crippen LogP contribution is -2.52. The van der Waals surface area contributed by atoms with Crippen molar-refractivity contribution in [3.63, 3.8) is 0 Å². The summed E-state index contributed by atoms with van der Waals surface area (Å²) in [4.78, 5) is 12.2. The van der Waals surface area contributed by atoms with Crippen molar-refractivity contribution in [1.82, 2.24) is 20.3 Å². The van der Waals surface area contributed by atoms with E-state index in [0.29, 0.717) is 12.2 Å². The van der Waals surface area contributed by atoms with Crippen LogP contribution in [0.25, 0.3) is 0 Å². The Bertz CT molecular complexity index is 669. The summed E-state index contributed by atoms with van der Waals surface area (Å²) in [6, 6.07) is -0.107. The third kappa shape index (κ3) is 4.23. The fraction of sp³-hybridized carbons (Fsp3) is 0.850. The number of aryl methyl sites for hydroxylation is 1. The van der Waals surface area contributed by atoms with Gasteiger partial charge in [-0.15, -0.1) is 5.10 Å². The number of rotatable bonds is 7. The first-order valence-electron chi connectivity index (χ1n) is 10.8. The summed E-state index contributed by atoms with van der Waals surface area (Å²) in [6.07, 6.45) is 10.6.